The summed E-state index contributed by atoms with van der Waals surface area (Å²) in [6.45, 7) is 0. The average molecular weight is 656 g/mol. The van der Waals surface area contributed by atoms with Crippen LogP contribution in [0.5, 0.6) is 0 Å². The first-order valence-electron chi connectivity index (χ1n) is 16.8. The van der Waals surface area contributed by atoms with Crippen molar-refractivity contribution < 1.29 is 13.3 Å². The Bertz CT molecular complexity index is 3150. The number of nitrogens with zero attached hydrogens (tertiary/aromatic N) is 3. The summed E-state index contributed by atoms with van der Waals surface area (Å²) in [5, 5.41) is 6.31. The van der Waals surface area contributed by atoms with Crippen molar-refractivity contribution in [1.29, 1.82) is 0 Å². The van der Waals surface area contributed by atoms with Gasteiger partial charge in [0.2, 0.25) is 0 Å². The van der Waals surface area contributed by atoms with Gasteiger partial charge in [-0.25, -0.2) is 15.0 Å². The van der Waals surface area contributed by atoms with E-state index in [9.17, 15) is 0 Å². The quantitative estimate of drug-likeness (QED) is 0.188. The van der Waals surface area contributed by atoms with Crippen LogP contribution in [0.1, 0.15) is 0 Å². The van der Waals surface area contributed by atoms with Crippen molar-refractivity contribution in [3.63, 3.8) is 0 Å². The largest absolute Gasteiger partial charge is 0.456 e. The van der Waals surface area contributed by atoms with Crippen molar-refractivity contribution in [2.24, 2.45) is 0 Å². The molecule has 51 heavy (non-hydrogen) atoms. The second-order valence-electron chi connectivity index (χ2n) is 12.8. The SMILES string of the molecule is c1ccc(-c2nc(-c3ccc4c(c3)oc3ccccc34)nc(-c3cccc4c3oc3c(-c5ccc6oc7ccccc7c6c5)cccc34)n2)cc1. The van der Waals surface area contributed by atoms with Gasteiger partial charge in [0.05, 0.1) is 5.56 Å². The summed E-state index contributed by atoms with van der Waals surface area (Å²) in [6, 6.07) is 51.1. The van der Waals surface area contributed by atoms with Gasteiger partial charge in [-0.2, -0.15) is 0 Å². The standard InChI is InChI=1S/C45H25N3O3/c1-2-10-26(11-3-1)43-46-44(28-20-22-32-30-12-4-6-18-37(30)50-40(32)25-28)48-45(47-43)35-17-9-16-34-33-15-8-14-29(41(33)51-42(34)35)27-21-23-39-36(24-27)31-13-5-7-19-38(31)49-39/h1-25H. The number of rotatable bonds is 4. The molecule has 11 aromatic rings. The molecule has 11 rings (SSSR count). The molecule has 0 aliphatic carbocycles. The minimum atomic E-state index is 0.529. The van der Waals surface area contributed by atoms with Crippen molar-refractivity contribution in [1.82, 2.24) is 15.0 Å². The summed E-state index contributed by atoms with van der Waals surface area (Å²) in [5.41, 5.74) is 9.47. The third-order valence-electron chi connectivity index (χ3n) is 9.76. The molecule has 0 aliphatic rings. The highest BCUT2D eigenvalue weighted by Gasteiger charge is 2.20. The van der Waals surface area contributed by atoms with Gasteiger partial charge in [-0.1, -0.05) is 109 Å². The molecular weight excluding hydrogens is 631 g/mol. The zero-order valence-corrected chi connectivity index (χ0v) is 27.0. The first-order valence-corrected chi connectivity index (χ1v) is 16.8. The lowest BCUT2D eigenvalue weighted by Gasteiger charge is -2.09. The predicted octanol–water partition coefficient (Wildman–Crippen LogP) is 12.2. The van der Waals surface area contributed by atoms with Crippen LogP contribution in [0.3, 0.4) is 0 Å². The van der Waals surface area contributed by atoms with E-state index in [0.29, 0.717) is 17.5 Å². The summed E-state index contributed by atoms with van der Waals surface area (Å²) in [7, 11) is 0. The maximum Gasteiger partial charge on any atom is 0.167 e. The van der Waals surface area contributed by atoms with E-state index in [2.05, 4.69) is 54.6 Å². The number of hydrogen-bond donors (Lipinski definition) is 0. The Morgan fingerprint density at radius 1 is 0.294 bits per heavy atom. The molecular formula is C45H25N3O3. The van der Waals surface area contributed by atoms with Gasteiger partial charge >= 0.3 is 0 Å². The molecule has 238 valence electrons. The number of fused-ring (bicyclic) bond motifs is 9. The number of furan rings is 3. The van der Waals surface area contributed by atoms with E-state index in [0.717, 1.165) is 93.6 Å². The van der Waals surface area contributed by atoms with Gasteiger partial charge in [0.25, 0.3) is 0 Å². The topological polar surface area (TPSA) is 78.1 Å². The van der Waals surface area contributed by atoms with E-state index >= 15 is 0 Å². The molecule has 0 unspecified atom stereocenters. The van der Waals surface area contributed by atoms with Crippen LogP contribution in [0.2, 0.25) is 0 Å². The van der Waals surface area contributed by atoms with E-state index in [1.165, 1.54) is 0 Å². The van der Waals surface area contributed by atoms with E-state index < -0.39 is 0 Å². The van der Waals surface area contributed by atoms with Gasteiger partial charge < -0.3 is 13.3 Å². The number of para-hydroxylation sites is 4. The Morgan fingerprint density at radius 2 is 0.843 bits per heavy atom. The van der Waals surface area contributed by atoms with Crippen LogP contribution >= 0.6 is 0 Å². The molecule has 0 aliphatic heterocycles. The summed E-state index contributed by atoms with van der Waals surface area (Å²) < 4.78 is 19.2. The van der Waals surface area contributed by atoms with Crippen LogP contribution in [-0.4, -0.2) is 15.0 Å². The fraction of sp³-hybridized carbons (Fsp3) is 0. The fourth-order valence-electron chi connectivity index (χ4n) is 7.32. The van der Waals surface area contributed by atoms with Crippen molar-refractivity contribution in [2.75, 3.05) is 0 Å². The van der Waals surface area contributed by atoms with Crippen LogP contribution < -0.4 is 0 Å². The lowest BCUT2D eigenvalue weighted by Crippen LogP contribution is -2.00. The van der Waals surface area contributed by atoms with Crippen LogP contribution in [0.4, 0.5) is 0 Å². The van der Waals surface area contributed by atoms with E-state index in [-0.39, 0.29) is 0 Å². The summed E-state index contributed by atoms with van der Waals surface area (Å²) in [6.07, 6.45) is 0. The zero-order valence-electron chi connectivity index (χ0n) is 27.0. The number of benzene rings is 7. The Morgan fingerprint density at radius 3 is 1.63 bits per heavy atom. The van der Waals surface area contributed by atoms with Crippen LogP contribution in [0, 0.1) is 0 Å². The van der Waals surface area contributed by atoms with Crippen LogP contribution in [-0.2, 0) is 0 Å². The maximum absolute atomic E-state index is 6.85. The summed E-state index contributed by atoms with van der Waals surface area (Å²) in [4.78, 5) is 15.1. The molecule has 7 aromatic carbocycles. The molecule has 0 saturated heterocycles. The highest BCUT2D eigenvalue weighted by Crippen LogP contribution is 2.41. The molecule has 0 spiro atoms. The smallest absolute Gasteiger partial charge is 0.167 e. The van der Waals surface area contributed by atoms with Gasteiger partial charge in [0.15, 0.2) is 17.5 Å². The molecule has 0 bridgehead atoms. The fourth-order valence-corrected chi connectivity index (χ4v) is 7.32. The number of hydrogen-bond acceptors (Lipinski definition) is 6. The minimum Gasteiger partial charge on any atom is -0.456 e. The normalized spacial score (nSPS) is 11.9. The van der Waals surface area contributed by atoms with Gasteiger partial charge in [-0.15, -0.1) is 0 Å². The second-order valence-corrected chi connectivity index (χ2v) is 12.8. The Balaban J connectivity index is 1.11. The van der Waals surface area contributed by atoms with Crippen molar-refractivity contribution in [3.05, 3.63) is 152 Å². The number of aromatic nitrogens is 3. The predicted molar refractivity (Wildman–Crippen MR) is 203 cm³/mol. The van der Waals surface area contributed by atoms with E-state index in [1.54, 1.807) is 0 Å². The highest BCUT2D eigenvalue weighted by molar-refractivity contribution is 6.14. The lowest BCUT2D eigenvalue weighted by atomic mass is 10.00. The Kier molecular flexibility index (Phi) is 5.86. The first kappa shape index (κ1) is 27.9. The molecule has 4 heterocycles. The molecule has 0 fully saturated rings. The molecule has 0 saturated carbocycles. The third kappa shape index (κ3) is 4.33. The van der Waals surface area contributed by atoms with Crippen molar-refractivity contribution in [3.8, 4) is 45.3 Å². The van der Waals surface area contributed by atoms with E-state index in [1.807, 2.05) is 97.1 Å². The zero-order chi connectivity index (χ0) is 33.5. The molecule has 6 nitrogen and oxygen atoms in total. The molecule has 4 aromatic heterocycles. The molecule has 0 amide bonds. The molecule has 0 radical (unpaired) electrons. The highest BCUT2D eigenvalue weighted by atomic mass is 16.3. The van der Waals surface area contributed by atoms with Gasteiger partial charge in [0, 0.05) is 49.0 Å². The molecule has 0 atom stereocenters. The summed E-state index contributed by atoms with van der Waals surface area (Å²) in [5.74, 6) is 1.66. The minimum absolute atomic E-state index is 0.529. The third-order valence-corrected chi connectivity index (χ3v) is 9.76. The first-order chi connectivity index (χ1) is 25.2. The second kappa shape index (κ2) is 10.7. The Labute approximate surface area is 290 Å². The molecule has 6 heteroatoms. The van der Waals surface area contributed by atoms with Gasteiger partial charge in [0.1, 0.15) is 33.5 Å². The van der Waals surface area contributed by atoms with Crippen molar-refractivity contribution >= 4 is 65.8 Å². The summed E-state index contributed by atoms with van der Waals surface area (Å²) >= 11 is 0. The molecule has 0 N–H and O–H groups in total. The van der Waals surface area contributed by atoms with Gasteiger partial charge in [-0.3, -0.25) is 0 Å². The van der Waals surface area contributed by atoms with Crippen LogP contribution in [0.15, 0.2) is 165 Å². The van der Waals surface area contributed by atoms with Crippen LogP contribution in [0.25, 0.3) is 111 Å². The Hall–Kier alpha value is -7.05. The average Bonchev–Trinajstić information content (AvgIpc) is 3.88. The lowest BCUT2D eigenvalue weighted by molar-refractivity contribution is 0.668. The maximum atomic E-state index is 6.85. The van der Waals surface area contributed by atoms with Crippen molar-refractivity contribution in [2.45, 2.75) is 0 Å². The van der Waals surface area contributed by atoms with E-state index in [4.69, 9.17) is 28.2 Å². The monoisotopic (exact) mass is 655 g/mol. The van der Waals surface area contributed by atoms with Gasteiger partial charge in [-0.05, 0) is 48.0 Å².